The van der Waals surface area contributed by atoms with Crippen LogP contribution in [0.2, 0.25) is 0 Å². The Morgan fingerprint density at radius 2 is 1.93 bits per heavy atom. The Bertz CT molecular complexity index is 346. The molecular weight excluding hydrogens is 206 g/mol. The minimum atomic E-state index is -3.54. The van der Waals surface area contributed by atoms with E-state index in [0.717, 1.165) is 7.11 Å². The Kier molecular flexibility index (Phi) is 3.24. The van der Waals surface area contributed by atoms with Gasteiger partial charge in [-0.25, -0.2) is 4.79 Å². The van der Waals surface area contributed by atoms with E-state index in [-0.39, 0.29) is 11.3 Å². The fourth-order valence-electron chi connectivity index (χ4n) is 1.09. The van der Waals surface area contributed by atoms with Crippen LogP contribution in [-0.2, 0) is 16.0 Å². The van der Waals surface area contributed by atoms with Crippen LogP contribution in [-0.4, -0.2) is 24.1 Å². The summed E-state index contributed by atoms with van der Waals surface area (Å²) in [4.78, 5) is 10.7. The van der Waals surface area contributed by atoms with Crippen molar-refractivity contribution in [2.24, 2.45) is 0 Å². The van der Waals surface area contributed by atoms with Gasteiger partial charge in [0.1, 0.15) is 5.75 Å². The number of aromatic hydroxyl groups is 1. The SMILES string of the molecule is COC(=O)C(F)(F)Cc1ccc(O)cc1. The van der Waals surface area contributed by atoms with E-state index in [4.69, 9.17) is 5.11 Å². The second-order valence-electron chi connectivity index (χ2n) is 3.04. The molecule has 1 aromatic rings. The Morgan fingerprint density at radius 1 is 1.40 bits per heavy atom. The van der Waals surface area contributed by atoms with E-state index in [0.29, 0.717) is 0 Å². The fourth-order valence-corrected chi connectivity index (χ4v) is 1.09. The van der Waals surface area contributed by atoms with Gasteiger partial charge in [-0.1, -0.05) is 12.1 Å². The van der Waals surface area contributed by atoms with Gasteiger partial charge < -0.3 is 9.84 Å². The number of rotatable bonds is 3. The third-order valence-corrected chi connectivity index (χ3v) is 1.85. The van der Waals surface area contributed by atoms with Gasteiger partial charge in [0.2, 0.25) is 0 Å². The fraction of sp³-hybridized carbons (Fsp3) is 0.300. The van der Waals surface area contributed by atoms with E-state index in [1.165, 1.54) is 24.3 Å². The quantitative estimate of drug-likeness (QED) is 0.783. The number of benzene rings is 1. The molecule has 0 saturated heterocycles. The maximum absolute atomic E-state index is 13.1. The molecule has 0 bridgehead atoms. The summed E-state index contributed by atoms with van der Waals surface area (Å²) in [6.07, 6.45) is -0.736. The largest absolute Gasteiger partial charge is 0.508 e. The average molecular weight is 216 g/mol. The lowest BCUT2D eigenvalue weighted by atomic mass is 10.1. The van der Waals surface area contributed by atoms with Gasteiger partial charge in [-0.3, -0.25) is 0 Å². The molecule has 0 aliphatic heterocycles. The zero-order chi connectivity index (χ0) is 11.5. The number of halogens is 2. The van der Waals surface area contributed by atoms with Crippen molar-refractivity contribution in [3.8, 4) is 5.75 Å². The van der Waals surface area contributed by atoms with Crippen LogP contribution in [0.3, 0.4) is 0 Å². The first-order chi connectivity index (χ1) is 6.95. The first-order valence-corrected chi connectivity index (χ1v) is 4.20. The van der Waals surface area contributed by atoms with Crippen molar-refractivity contribution in [3.05, 3.63) is 29.8 Å². The number of ether oxygens (including phenoxy) is 1. The highest BCUT2D eigenvalue weighted by atomic mass is 19.3. The molecule has 0 amide bonds. The molecule has 0 radical (unpaired) electrons. The molecule has 0 saturated carbocycles. The van der Waals surface area contributed by atoms with Crippen LogP contribution in [0.15, 0.2) is 24.3 Å². The summed E-state index contributed by atoms with van der Waals surface area (Å²) in [5, 5.41) is 8.93. The standard InChI is InChI=1S/C10H10F2O3/c1-15-9(14)10(11,12)6-7-2-4-8(13)5-3-7/h2-5,13H,6H2,1H3. The second kappa shape index (κ2) is 4.25. The second-order valence-corrected chi connectivity index (χ2v) is 3.04. The lowest BCUT2D eigenvalue weighted by Gasteiger charge is -2.13. The molecule has 1 rings (SSSR count). The summed E-state index contributed by atoms with van der Waals surface area (Å²) >= 11 is 0. The number of carbonyl (C=O) groups excluding carboxylic acids is 1. The summed E-state index contributed by atoms with van der Waals surface area (Å²) in [6, 6.07) is 5.21. The van der Waals surface area contributed by atoms with Gasteiger partial charge in [-0.15, -0.1) is 0 Å². The molecule has 1 aromatic carbocycles. The van der Waals surface area contributed by atoms with Gasteiger partial charge in [0.25, 0.3) is 0 Å². The first kappa shape index (κ1) is 11.4. The van der Waals surface area contributed by atoms with E-state index < -0.39 is 18.3 Å². The smallest absolute Gasteiger partial charge is 0.377 e. The van der Waals surface area contributed by atoms with E-state index in [1.54, 1.807) is 0 Å². The van der Waals surface area contributed by atoms with Crippen molar-refractivity contribution in [1.29, 1.82) is 0 Å². The van der Waals surface area contributed by atoms with Crippen LogP contribution in [0.5, 0.6) is 5.75 Å². The van der Waals surface area contributed by atoms with Gasteiger partial charge >= 0.3 is 11.9 Å². The summed E-state index contributed by atoms with van der Waals surface area (Å²) in [7, 11) is 0.910. The highest BCUT2D eigenvalue weighted by molar-refractivity contribution is 5.77. The molecule has 15 heavy (non-hydrogen) atoms. The highest BCUT2D eigenvalue weighted by Gasteiger charge is 2.40. The van der Waals surface area contributed by atoms with Crippen LogP contribution >= 0.6 is 0 Å². The number of phenolic OH excluding ortho intramolecular Hbond substituents is 1. The van der Waals surface area contributed by atoms with Crippen molar-refractivity contribution >= 4 is 5.97 Å². The first-order valence-electron chi connectivity index (χ1n) is 4.20. The van der Waals surface area contributed by atoms with Gasteiger partial charge in [0.15, 0.2) is 0 Å². The van der Waals surface area contributed by atoms with Crippen molar-refractivity contribution in [2.75, 3.05) is 7.11 Å². The van der Waals surface area contributed by atoms with E-state index in [9.17, 15) is 13.6 Å². The monoisotopic (exact) mass is 216 g/mol. The number of hydrogen-bond donors (Lipinski definition) is 1. The van der Waals surface area contributed by atoms with Crippen molar-refractivity contribution < 1.29 is 23.4 Å². The van der Waals surface area contributed by atoms with Crippen LogP contribution in [0.4, 0.5) is 8.78 Å². The van der Waals surface area contributed by atoms with E-state index in [1.807, 2.05) is 0 Å². The Morgan fingerprint density at radius 3 is 2.40 bits per heavy atom. The zero-order valence-corrected chi connectivity index (χ0v) is 8.04. The molecule has 0 spiro atoms. The van der Waals surface area contributed by atoms with Crippen LogP contribution < -0.4 is 0 Å². The van der Waals surface area contributed by atoms with Crippen molar-refractivity contribution in [3.63, 3.8) is 0 Å². The van der Waals surface area contributed by atoms with Crippen molar-refractivity contribution in [2.45, 2.75) is 12.3 Å². The molecule has 0 aliphatic carbocycles. The number of esters is 1. The minimum Gasteiger partial charge on any atom is -0.508 e. The molecule has 82 valence electrons. The molecule has 0 aliphatic rings. The predicted molar refractivity (Wildman–Crippen MR) is 48.8 cm³/mol. The lowest BCUT2D eigenvalue weighted by Crippen LogP contribution is -2.32. The number of hydrogen-bond acceptors (Lipinski definition) is 3. The van der Waals surface area contributed by atoms with Gasteiger partial charge in [-0.05, 0) is 17.7 Å². The molecule has 0 fully saturated rings. The molecule has 0 atom stereocenters. The number of methoxy groups -OCH3 is 1. The molecule has 0 aromatic heterocycles. The number of phenols is 1. The van der Waals surface area contributed by atoms with Crippen molar-refractivity contribution in [1.82, 2.24) is 0 Å². The van der Waals surface area contributed by atoms with E-state index >= 15 is 0 Å². The average Bonchev–Trinajstić information content (AvgIpc) is 2.20. The van der Waals surface area contributed by atoms with Crippen LogP contribution in [0.25, 0.3) is 0 Å². The zero-order valence-electron chi connectivity index (χ0n) is 8.04. The molecule has 0 heterocycles. The summed E-state index contributed by atoms with van der Waals surface area (Å²) < 4.78 is 30.1. The molecular formula is C10H10F2O3. The predicted octanol–water partition coefficient (Wildman–Crippen LogP) is 1.74. The Hall–Kier alpha value is -1.65. The Labute approximate surface area is 85.3 Å². The van der Waals surface area contributed by atoms with Gasteiger partial charge in [0, 0.05) is 6.42 Å². The third kappa shape index (κ3) is 2.90. The number of carbonyl (C=O) groups is 1. The topological polar surface area (TPSA) is 46.5 Å². The number of alkyl halides is 2. The highest BCUT2D eigenvalue weighted by Crippen LogP contribution is 2.22. The third-order valence-electron chi connectivity index (χ3n) is 1.85. The molecule has 1 N–H and O–H groups in total. The summed E-state index contributed by atoms with van der Waals surface area (Å²) in [5.41, 5.74) is 0.253. The summed E-state index contributed by atoms with van der Waals surface area (Å²) in [5.74, 6) is -5.11. The van der Waals surface area contributed by atoms with Gasteiger partial charge in [-0.2, -0.15) is 8.78 Å². The lowest BCUT2D eigenvalue weighted by molar-refractivity contribution is -0.168. The van der Waals surface area contributed by atoms with E-state index in [2.05, 4.69) is 4.74 Å². The maximum atomic E-state index is 13.1. The minimum absolute atomic E-state index is 0.0138. The van der Waals surface area contributed by atoms with Crippen LogP contribution in [0, 0.1) is 0 Å². The molecule has 5 heteroatoms. The van der Waals surface area contributed by atoms with Crippen LogP contribution in [0.1, 0.15) is 5.56 Å². The normalized spacial score (nSPS) is 11.1. The summed E-state index contributed by atoms with van der Waals surface area (Å²) in [6.45, 7) is 0. The molecule has 0 unspecified atom stereocenters. The Balaban J connectivity index is 2.77. The maximum Gasteiger partial charge on any atom is 0.377 e. The van der Waals surface area contributed by atoms with Gasteiger partial charge in [0.05, 0.1) is 7.11 Å². The molecule has 3 nitrogen and oxygen atoms in total.